The smallest absolute Gasteiger partial charge is 0.303 e. The second-order valence-corrected chi connectivity index (χ2v) is 21.3. The normalized spacial score (nSPS) is 13.6. The minimum absolute atomic E-state index is 0.200. The summed E-state index contributed by atoms with van der Waals surface area (Å²) in [5, 5.41) is 52.6. The molecule has 10 nitrogen and oxygen atoms in total. The molecule has 6 N–H and O–H groups in total. The Hall–Kier alpha value is -7.92. The van der Waals surface area contributed by atoms with Gasteiger partial charge in [-0.1, -0.05) is 308 Å². The average molecular weight is 1290 g/mol. The number of aliphatic carboxylic acids is 4. The molecule has 0 rings (SSSR count). The molecule has 0 spiro atoms. The molecule has 2 atom stereocenters. The standard InChI is InChI=1S/C22H32O3.C22H32O2.C20H30O3.C20H30O2/c1-2-21(23)19-17-15-13-11-9-7-5-3-4-6-8-10-12-14-16-18-20-22(24)25;1-2-3-4-5-6-7-8-9-10-11-12-13-14-15-16-17-18-19-20-21-22(23)24;1-2-19(21)17-15-13-11-9-7-5-3-4-6-8-10-12-14-16-18-20(22)23;1-2-3-4-5-6-7-8-9-10-11-12-13-14-15-16-17-18-19-20(21)22/h3-4,8-11,13-17,19,21,23H,2,5-7,12,18,20H2,1H3,(H,24,25);4-9,12-13,15-16,18-19H,2-3,10-11,14,17,20-21H2,1H3,(H,23,24);3-5,7,10-13,15,17,19,21H,2,6,8-9,14,16,18H2,1H3,(H,22,23);4-7,9-12,15-16H,2-3,8,13-14,17-19H2,1H3,(H,21,22)/b4-3-,10-8-,11-9+,15-13-,16-14-,19-17+;5-4+,7-6-,9-8+,13-12-,16-15-,19-18-;4-3-,7-5-,12-10-,13-11-,17-15+;5-4+,7-6-,10-9-,12-11-,16-15-. The maximum absolute atomic E-state index is 10.3. The Morgan fingerprint density at radius 3 is 0.755 bits per heavy atom. The Bertz CT molecular complexity index is 2460. The number of rotatable bonds is 54. The molecule has 0 aromatic heterocycles. The molecule has 10 heteroatoms. The SMILES string of the molecule is CCC(O)/C=C/C=C\C/C=C\C=C/CC/C=C\CCCC(=O)O.CCC(O)/C=C/C=C\C=C\CC/C=C\C/C=C\C/C=C\CCC(=O)O.CCC/C=C/C=C\C/C=C\C=C/CC/C=C\CCCC(=O)O.CCC/C=C/C=C\C=C\CC/C=C\C/C=C\C/C=C\CCC(=O)O. The van der Waals surface area contributed by atoms with Crippen LogP contribution in [-0.4, -0.2) is 66.7 Å². The van der Waals surface area contributed by atoms with Crippen LogP contribution in [0.2, 0.25) is 0 Å². The van der Waals surface area contributed by atoms with E-state index in [-0.39, 0.29) is 37.9 Å². The van der Waals surface area contributed by atoms with E-state index in [4.69, 9.17) is 20.4 Å². The number of hydrogen-bond donors (Lipinski definition) is 6. The van der Waals surface area contributed by atoms with Gasteiger partial charge in [-0.2, -0.15) is 0 Å². The molecule has 0 heterocycles. The molecule has 0 aliphatic rings. The van der Waals surface area contributed by atoms with E-state index in [1.54, 1.807) is 12.2 Å². The summed E-state index contributed by atoms with van der Waals surface area (Å²) in [7, 11) is 0. The summed E-state index contributed by atoms with van der Waals surface area (Å²) in [6.07, 6.45) is 115. The monoisotopic (exact) mass is 1290 g/mol. The van der Waals surface area contributed by atoms with Crippen LogP contribution in [0.25, 0.3) is 0 Å². The summed E-state index contributed by atoms with van der Waals surface area (Å²) < 4.78 is 0. The highest BCUT2D eigenvalue weighted by molar-refractivity contribution is 5.67. The van der Waals surface area contributed by atoms with Crippen LogP contribution in [0.15, 0.2) is 267 Å². The molecule has 0 aromatic rings. The second-order valence-electron chi connectivity index (χ2n) is 21.3. The van der Waals surface area contributed by atoms with Crippen molar-refractivity contribution in [1.29, 1.82) is 0 Å². The highest BCUT2D eigenvalue weighted by atomic mass is 16.4. The summed E-state index contributed by atoms with van der Waals surface area (Å²) in [5.74, 6) is -2.93. The van der Waals surface area contributed by atoms with E-state index < -0.39 is 23.9 Å². The molecule has 0 saturated heterocycles. The largest absolute Gasteiger partial charge is 0.481 e. The molecule has 0 aliphatic heterocycles. The highest BCUT2D eigenvalue weighted by Crippen LogP contribution is 2.05. The maximum atomic E-state index is 10.3. The van der Waals surface area contributed by atoms with Gasteiger partial charge in [0.2, 0.25) is 0 Å². The van der Waals surface area contributed by atoms with Gasteiger partial charge in [0.1, 0.15) is 0 Å². The van der Waals surface area contributed by atoms with Crippen molar-refractivity contribution in [2.45, 2.75) is 233 Å². The van der Waals surface area contributed by atoms with Gasteiger partial charge in [0.15, 0.2) is 0 Å². The lowest BCUT2D eigenvalue weighted by Crippen LogP contribution is -1.97. The number of carbonyl (C=O) groups is 4. The van der Waals surface area contributed by atoms with Crippen LogP contribution in [0.4, 0.5) is 0 Å². The maximum Gasteiger partial charge on any atom is 0.303 e. The van der Waals surface area contributed by atoms with E-state index >= 15 is 0 Å². The first kappa shape index (κ1) is 92.5. The molecular weight excluding hydrogens is 1170 g/mol. The zero-order chi connectivity index (χ0) is 69.8. The van der Waals surface area contributed by atoms with Crippen LogP contribution < -0.4 is 0 Å². The minimum atomic E-state index is -0.750. The van der Waals surface area contributed by atoms with Crippen LogP contribution in [0.5, 0.6) is 0 Å². The molecule has 0 saturated carbocycles. The minimum Gasteiger partial charge on any atom is -0.481 e. The van der Waals surface area contributed by atoms with Crippen LogP contribution >= 0.6 is 0 Å². The third kappa shape index (κ3) is 100. The Labute approximate surface area is 570 Å². The summed E-state index contributed by atoms with van der Waals surface area (Å²) in [5.41, 5.74) is 0. The van der Waals surface area contributed by atoms with Gasteiger partial charge in [-0.15, -0.1) is 0 Å². The predicted octanol–water partition coefficient (Wildman–Crippen LogP) is 23.0. The summed E-state index contributed by atoms with van der Waals surface area (Å²) >= 11 is 0. The number of aliphatic hydroxyl groups excluding tert-OH is 2. The zero-order valence-corrected chi connectivity index (χ0v) is 58.1. The third-order valence-electron chi connectivity index (χ3n) is 12.4. The average Bonchev–Trinajstić information content (AvgIpc) is 3.56. The number of carboxylic acids is 4. The van der Waals surface area contributed by atoms with Gasteiger partial charge in [-0.3, -0.25) is 19.2 Å². The Morgan fingerprint density at radius 2 is 0.447 bits per heavy atom. The van der Waals surface area contributed by atoms with E-state index in [1.807, 2.05) is 92.8 Å². The molecule has 94 heavy (non-hydrogen) atoms. The molecule has 520 valence electrons. The van der Waals surface area contributed by atoms with E-state index in [9.17, 15) is 29.4 Å². The van der Waals surface area contributed by atoms with Gasteiger partial charge >= 0.3 is 23.9 Å². The first-order valence-corrected chi connectivity index (χ1v) is 34.6. The van der Waals surface area contributed by atoms with Crippen molar-refractivity contribution in [3.8, 4) is 0 Å². The lowest BCUT2D eigenvalue weighted by atomic mass is 10.2. The second kappa shape index (κ2) is 85.1. The van der Waals surface area contributed by atoms with Gasteiger partial charge in [0.05, 0.1) is 12.2 Å². The number of carboxylic acid groups (broad SMARTS) is 4. The fraction of sp³-hybridized carbons (Fsp3) is 0.429. The molecule has 0 aliphatic carbocycles. The predicted molar refractivity (Wildman–Crippen MR) is 405 cm³/mol. The van der Waals surface area contributed by atoms with Crippen LogP contribution in [-0.2, 0) is 19.2 Å². The lowest BCUT2D eigenvalue weighted by molar-refractivity contribution is -0.138. The van der Waals surface area contributed by atoms with Gasteiger partial charge in [0, 0.05) is 25.7 Å². The first-order chi connectivity index (χ1) is 45.9. The van der Waals surface area contributed by atoms with Crippen molar-refractivity contribution in [3.63, 3.8) is 0 Å². The number of aliphatic hydroxyl groups is 2. The third-order valence-corrected chi connectivity index (χ3v) is 12.4. The van der Waals surface area contributed by atoms with Gasteiger partial charge in [0.25, 0.3) is 0 Å². The van der Waals surface area contributed by atoms with Crippen LogP contribution in [0.3, 0.4) is 0 Å². The van der Waals surface area contributed by atoms with Crippen molar-refractivity contribution < 1.29 is 49.8 Å². The fourth-order valence-electron chi connectivity index (χ4n) is 7.03. The Kier molecular flexibility index (Phi) is 83.7. The van der Waals surface area contributed by atoms with Crippen molar-refractivity contribution >= 4 is 23.9 Å². The van der Waals surface area contributed by atoms with Crippen LogP contribution in [0.1, 0.15) is 220 Å². The van der Waals surface area contributed by atoms with E-state index in [2.05, 4.69) is 190 Å². The summed E-state index contributed by atoms with van der Waals surface area (Å²) in [6.45, 7) is 8.26. The molecule has 0 aromatic carbocycles. The first-order valence-electron chi connectivity index (χ1n) is 34.6. The van der Waals surface area contributed by atoms with Crippen molar-refractivity contribution in [1.82, 2.24) is 0 Å². The summed E-state index contributed by atoms with van der Waals surface area (Å²) in [6, 6.07) is 0. The van der Waals surface area contributed by atoms with E-state index in [0.29, 0.717) is 19.3 Å². The quantitative estimate of drug-likeness (QED) is 0.0194. The molecule has 0 bridgehead atoms. The number of hydrogen-bond acceptors (Lipinski definition) is 6. The van der Waals surface area contributed by atoms with Gasteiger partial charge in [-0.25, -0.2) is 0 Å². The van der Waals surface area contributed by atoms with Crippen molar-refractivity contribution in [2.75, 3.05) is 0 Å². The van der Waals surface area contributed by atoms with Crippen molar-refractivity contribution in [2.24, 2.45) is 0 Å². The topological polar surface area (TPSA) is 190 Å². The molecular formula is C84H124O10. The van der Waals surface area contributed by atoms with Crippen LogP contribution in [0, 0.1) is 0 Å². The Balaban J connectivity index is -0.000000575. The van der Waals surface area contributed by atoms with Gasteiger partial charge < -0.3 is 30.6 Å². The van der Waals surface area contributed by atoms with E-state index in [0.717, 1.165) is 135 Å². The molecule has 2 unspecified atom stereocenters. The molecule has 0 radical (unpaired) electrons. The zero-order valence-electron chi connectivity index (χ0n) is 58.1. The molecule has 0 amide bonds. The van der Waals surface area contributed by atoms with E-state index in [1.165, 1.54) is 12.8 Å². The van der Waals surface area contributed by atoms with Crippen molar-refractivity contribution in [3.05, 3.63) is 267 Å². The lowest BCUT2D eigenvalue weighted by Gasteiger charge is -1.95. The fourth-order valence-corrected chi connectivity index (χ4v) is 7.03. The number of unbranched alkanes of at least 4 members (excludes halogenated alkanes) is 8. The molecule has 0 fully saturated rings. The summed E-state index contributed by atoms with van der Waals surface area (Å²) in [4.78, 5) is 41.3. The number of allylic oxidation sites excluding steroid dienone is 42. The highest BCUT2D eigenvalue weighted by Gasteiger charge is 1.95. The van der Waals surface area contributed by atoms with Gasteiger partial charge in [-0.05, 0) is 154 Å². The Morgan fingerprint density at radius 1 is 0.234 bits per heavy atom.